The Balaban J connectivity index is 1.79. The standard InChI is InChI=1S/C27H33N5O3/c1-5-28-17-7-6-8-18-29-26-30-27(33)32(20-23-11-15-25(35-4)16-12-23)21(2)31(26)19-22-9-13-24(34-3)14-10-22/h6-7,9-17H,2,5,8,18-20H2,1,3-4H3,(H,29,30,33)/b7-6-,28-17?. The highest BCUT2D eigenvalue weighted by Crippen LogP contribution is 2.23. The number of aliphatic imine (C=N–C) groups is 2. The van der Waals surface area contributed by atoms with E-state index in [-0.39, 0.29) is 6.03 Å². The monoisotopic (exact) mass is 475 g/mol. The summed E-state index contributed by atoms with van der Waals surface area (Å²) in [4.78, 5) is 25.4. The maximum atomic E-state index is 13.0. The van der Waals surface area contributed by atoms with E-state index in [2.05, 4.69) is 21.9 Å². The fraction of sp³-hybridized carbons (Fsp3) is 0.296. The van der Waals surface area contributed by atoms with Crippen LogP contribution < -0.4 is 14.8 Å². The average molecular weight is 476 g/mol. The minimum atomic E-state index is -0.263. The molecule has 0 unspecified atom stereocenters. The summed E-state index contributed by atoms with van der Waals surface area (Å²) in [5.74, 6) is 2.59. The Labute approximate surface area is 207 Å². The second-order valence-corrected chi connectivity index (χ2v) is 7.78. The van der Waals surface area contributed by atoms with Crippen LogP contribution in [-0.2, 0) is 13.1 Å². The van der Waals surface area contributed by atoms with E-state index in [0.29, 0.717) is 31.4 Å². The van der Waals surface area contributed by atoms with E-state index in [1.165, 1.54) is 0 Å². The van der Waals surface area contributed by atoms with Gasteiger partial charge in [0.1, 0.15) is 17.3 Å². The summed E-state index contributed by atoms with van der Waals surface area (Å²) in [7, 11) is 3.27. The Morgan fingerprint density at radius 3 is 2.06 bits per heavy atom. The number of guanidine groups is 1. The van der Waals surface area contributed by atoms with Crippen LogP contribution in [-0.4, -0.2) is 55.3 Å². The van der Waals surface area contributed by atoms with Gasteiger partial charge in [-0.15, -0.1) is 0 Å². The van der Waals surface area contributed by atoms with Gasteiger partial charge in [-0.2, -0.15) is 0 Å². The van der Waals surface area contributed by atoms with Gasteiger partial charge in [0.05, 0.1) is 27.3 Å². The maximum Gasteiger partial charge on any atom is 0.330 e. The summed E-state index contributed by atoms with van der Waals surface area (Å²) in [6.45, 7) is 8.39. The summed E-state index contributed by atoms with van der Waals surface area (Å²) in [5, 5.41) is 2.95. The minimum absolute atomic E-state index is 0.263. The van der Waals surface area contributed by atoms with Gasteiger partial charge in [-0.05, 0) is 54.8 Å². The number of nitrogens with zero attached hydrogens (tertiary/aromatic N) is 4. The van der Waals surface area contributed by atoms with Gasteiger partial charge in [-0.25, -0.2) is 4.79 Å². The zero-order chi connectivity index (χ0) is 25.0. The van der Waals surface area contributed by atoms with Crippen molar-refractivity contribution in [1.82, 2.24) is 15.1 Å². The Kier molecular flexibility index (Phi) is 9.48. The highest BCUT2D eigenvalue weighted by molar-refractivity contribution is 6.00. The molecule has 0 bridgehead atoms. The fourth-order valence-electron chi connectivity index (χ4n) is 3.47. The first-order chi connectivity index (χ1) is 17.0. The molecule has 1 aliphatic rings. The molecule has 2 aromatic rings. The van der Waals surface area contributed by atoms with E-state index >= 15 is 0 Å². The van der Waals surface area contributed by atoms with Crippen LogP contribution in [0.4, 0.5) is 4.79 Å². The van der Waals surface area contributed by atoms with Crippen molar-refractivity contribution in [2.45, 2.75) is 26.4 Å². The average Bonchev–Trinajstić information content (AvgIpc) is 2.88. The van der Waals surface area contributed by atoms with Gasteiger partial charge in [0, 0.05) is 19.3 Å². The summed E-state index contributed by atoms with van der Waals surface area (Å²) in [6, 6.07) is 15.2. The van der Waals surface area contributed by atoms with Crippen molar-refractivity contribution in [3.63, 3.8) is 0 Å². The number of hydrogen-bond donors (Lipinski definition) is 1. The van der Waals surface area contributed by atoms with Crippen molar-refractivity contribution in [2.75, 3.05) is 27.3 Å². The number of methoxy groups -OCH3 is 2. The second-order valence-electron chi connectivity index (χ2n) is 7.78. The number of benzene rings is 2. The van der Waals surface area contributed by atoms with Crippen molar-refractivity contribution in [2.24, 2.45) is 9.98 Å². The molecule has 8 nitrogen and oxygen atoms in total. The number of hydrogen-bond acceptors (Lipinski definition) is 5. The lowest BCUT2D eigenvalue weighted by Gasteiger charge is -2.39. The molecule has 0 spiro atoms. The lowest BCUT2D eigenvalue weighted by atomic mass is 10.2. The van der Waals surface area contributed by atoms with Gasteiger partial charge in [0.15, 0.2) is 0 Å². The van der Waals surface area contributed by atoms with E-state index < -0.39 is 0 Å². The Hall–Kier alpha value is -4.07. The molecule has 1 fully saturated rings. The smallest absolute Gasteiger partial charge is 0.330 e. The molecule has 2 aromatic carbocycles. The largest absolute Gasteiger partial charge is 0.497 e. The molecule has 1 N–H and O–H groups in total. The Bertz CT molecular complexity index is 1080. The molecule has 8 heteroatoms. The van der Waals surface area contributed by atoms with Gasteiger partial charge in [-0.1, -0.05) is 36.9 Å². The van der Waals surface area contributed by atoms with Crippen molar-refractivity contribution in [1.29, 1.82) is 0 Å². The Morgan fingerprint density at radius 1 is 0.943 bits per heavy atom. The lowest BCUT2D eigenvalue weighted by molar-refractivity contribution is 0.188. The predicted molar refractivity (Wildman–Crippen MR) is 140 cm³/mol. The maximum absolute atomic E-state index is 13.0. The molecular weight excluding hydrogens is 442 g/mol. The van der Waals surface area contributed by atoms with Gasteiger partial charge in [-0.3, -0.25) is 25.1 Å². The molecule has 35 heavy (non-hydrogen) atoms. The van der Waals surface area contributed by atoms with Crippen molar-refractivity contribution in [3.8, 4) is 11.5 Å². The van der Waals surface area contributed by atoms with Crippen LogP contribution in [0.3, 0.4) is 0 Å². The molecule has 1 heterocycles. The number of amides is 2. The third kappa shape index (κ3) is 7.20. The molecule has 0 radical (unpaired) electrons. The molecule has 2 amide bonds. The summed E-state index contributed by atoms with van der Waals surface area (Å²) in [5.41, 5.74) is 2.00. The number of nitrogens with one attached hydrogen (secondary N) is 1. The third-order valence-electron chi connectivity index (χ3n) is 5.41. The van der Waals surface area contributed by atoms with Gasteiger partial charge in [0.2, 0.25) is 5.96 Å². The van der Waals surface area contributed by atoms with E-state index in [0.717, 1.165) is 35.6 Å². The summed E-state index contributed by atoms with van der Waals surface area (Å²) < 4.78 is 10.5. The van der Waals surface area contributed by atoms with E-state index in [9.17, 15) is 4.79 Å². The predicted octanol–water partition coefficient (Wildman–Crippen LogP) is 4.60. The van der Waals surface area contributed by atoms with E-state index in [4.69, 9.17) is 9.47 Å². The number of urea groups is 1. The third-order valence-corrected chi connectivity index (χ3v) is 5.41. The molecule has 1 saturated heterocycles. The lowest BCUT2D eigenvalue weighted by Crippen LogP contribution is -2.57. The van der Waals surface area contributed by atoms with Crippen LogP contribution in [0.15, 0.2) is 83.1 Å². The highest BCUT2D eigenvalue weighted by atomic mass is 16.5. The molecule has 0 aliphatic carbocycles. The van der Waals surface area contributed by atoms with Crippen LogP contribution in [0.2, 0.25) is 0 Å². The van der Waals surface area contributed by atoms with E-state index in [1.54, 1.807) is 25.3 Å². The molecule has 0 saturated carbocycles. The number of carbonyl (C=O) groups is 1. The van der Waals surface area contributed by atoms with Crippen LogP contribution in [0, 0.1) is 0 Å². The number of carbonyl (C=O) groups excluding carboxylic acids is 1. The molecule has 1 aliphatic heterocycles. The van der Waals surface area contributed by atoms with Crippen LogP contribution in [0.1, 0.15) is 24.5 Å². The molecule has 3 rings (SSSR count). The van der Waals surface area contributed by atoms with Crippen molar-refractivity contribution < 1.29 is 14.3 Å². The topological polar surface area (TPSA) is 78.8 Å². The SMILES string of the molecule is C=C1N(Cc2ccc(OC)cc2)C(=O)NC(=NCC/C=C\C=NCC)N1Cc1ccc(OC)cc1. The van der Waals surface area contributed by atoms with Gasteiger partial charge in [0.25, 0.3) is 0 Å². The molecule has 0 aromatic heterocycles. The quantitative estimate of drug-likeness (QED) is 0.381. The van der Waals surface area contributed by atoms with Crippen molar-refractivity contribution >= 4 is 18.2 Å². The Morgan fingerprint density at radius 2 is 1.51 bits per heavy atom. The number of ether oxygens (including phenoxy) is 2. The van der Waals surface area contributed by atoms with Crippen LogP contribution >= 0.6 is 0 Å². The molecular formula is C27H33N5O3. The summed E-state index contributed by atoms with van der Waals surface area (Å²) in [6.07, 6.45) is 6.43. The first-order valence-electron chi connectivity index (χ1n) is 11.6. The molecule has 184 valence electrons. The van der Waals surface area contributed by atoms with Gasteiger partial charge >= 0.3 is 6.03 Å². The second kappa shape index (κ2) is 13.0. The molecule has 0 atom stereocenters. The zero-order valence-electron chi connectivity index (χ0n) is 20.6. The van der Waals surface area contributed by atoms with E-state index in [1.807, 2.05) is 72.5 Å². The number of allylic oxidation sites excluding steroid dienone is 1. The van der Waals surface area contributed by atoms with Crippen molar-refractivity contribution in [3.05, 3.63) is 84.2 Å². The first kappa shape index (κ1) is 25.6. The minimum Gasteiger partial charge on any atom is -0.497 e. The van der Waals surface area contributed by atoms with Crippen LogP contribution in [0.25, 0.3) is 0 Å². The van der Waals surface area contributed by atoms with Gasteiger partial charge < -0.3 is 9.47 Å². The highest BCUT2D eigenvalue weighted by Gasteiger charge is 2.32. The summed E-state index contributed by atoms with van der Waals surface area (Å²) >= 11 is 0. The zero-order valence-corrected chi connectivity index (χ0v) is 20.6. The number of rotatable bonds is 11. The normalized spacial score (nSPS) is 15.3. The van der Waals surface area contributed by atoms with Crippen LogP contribution in [0.5, 0.6) is 11.5 Å². The first-order valence-corrected chi connectivity index (χ1v) is 11.6. The fourth-order valence-corrected chi connectivity index (χ4v) is 3.47.